The van der Waals surface area contributed by atoms with Gasteiger partial charge in [0.1, 0.15) is 0 Å². The molecule has 0 N–H and O–H groups in total. The molecule has 9 heavy (non-hydrogen) atoms. The van der Waals surface area contributed by atoms with E-state index in [0.717, 1.165) is 5.56 Å². The minimum Gasteiger partial charge on any atom is -0.290 e. The summed E-state index contributed by atoms with van der Waals surface area (Å²) >= 11 is 5.61. The summed E-state index contributed by atoms with van der Waals surface area (Å²) in [7, 11) is 0. The van der Waals surface area contributed by atoms with Crippen LogP contribution >= 0.6 is 11.6 Å². The van der Waals surface area contributed by atoms with Crippen molar-refractivity contribution in [1.82, 2.24) is 0 Å². The molecule has 0 spiro atoms. The molecule has 0 aliphatic rings. The van der Waals surface area contributed by atoms with Crippen molar-refractivity contribution in [1.29, 1.82) is 0 Å². The maximum Gasteiger partial charge on any atom is 0.180 e. The molecule has 0 unspecified atom stereocenters. The molecule has 1 nitrogen and oxygen atoms in total. The van der Waals surface area contributed by atoms with Crippen LogP contribution < -0.4 is 0 Å². The molecule has 0 aromatic heterocycles. The fraction of sp³-hybridized carbons (Fsp3) is 0.143. The van der Waals surface area contributed by atoms with Crippen LogP contribution in [0.15, 0.2) is 18.2 Å². The summed E-state index contributed by atoms with van der Waals surface area (Å²) in [6.07, 6.45) is 0. The van der Waals surface area contributed by atoms with E-state index in [2.05, 4.69) is 0 Å². The molecular formula is C7H6ClO. The van der Waals surface area contributed by atoms with E-state index in [9.17, 15) is 5.11 Å². The number of benzene rings is 1. The van der Waals surface area contributed by atoms with Crippen molar-refractivity contribution in [3.8, 4) is 5.75 Å². The topological polar surface area (TPSA) is 19.9 Å². The Labute approximate surface area is 58.9 Å². The fourth-order valence-corrected chi connectivity index (χ4v) is 0.744. The molecule has 0 atom stereocenters. The zero-order valence-corrected chi connectivity index (χ0v) is 5.77. The summed E-state index contributed by atoms with van der Waals surface area (Å²) in [5, 5.41) is 11.1. The average molecular weight is 142 g/mol. The van der Waals surface area contributed by atoms with Gasteiger partial charge in [0.05, 0.1) is 0 Å². The van der Waals surface area contributed by atoms with E-state index in [-0.39, 0.29) is 5.75 Å². The molecule has 1 aromatic rings. The van der Waals surface area contributed by atoms with Crippen LogP contribution in [0.5, 0.6) is 5.75 Å². The molecule has 0 saturated heterocycles. The second kappa shape index (κ2) is 2.28. The first-order chi connectivity index (χ1) is 4.20. The van der Waals surface area contributed by atoms with Gasteiger partial charge in [0.15, 0.2) is 5.75 Å². The van der Waals surface area contributed by atoms with Crippen LogP contribution in [0.1, 0.15) is 5.56 Å². The van der Waals surface area contributed by atoms with Crippen LogP contribution in [0.4, 0.5) is 0 Å². The highest BCUT2D eigenvalue weighted by atomic mass is 35.5. The lowest BCUT2D eigenvalue weighted by Crippen LogP contribution is -1.71. The quantitative estimate of drug-likeness (QED) is 0.530. The second-order valence-electron chi connectivity index (χ2n) is 1.91. The fourth-order valence-electron chi connectivity index (χ4n) is 0.574. The Balaban J connectivity index is 3.17. The number of halogens is 1. The van der Waals surface area contributed by atoms with Crippen LogP contribution in [-0.2, 0) is 5.11 Å². The van der Waals surface area contributed by atoms with Gasteiger partial charge in [-0.2, -0.15) is 0 Å². The molecule has 0 heterocycles. The van der Waals surface area contributed by atoms with Gasteiger partial charge < -0.3 is 0 Å². The van der Waals surface area contributed by atoms with Gasteiger partial charge in [0.25, 0.3) is 0 Å². The van der Waals surface area contributed by atoms with Crippen LogP contribution in [0.25, 0.3) is 0 Å². The van der Waals surface area contributed by atoms with Gasteiger partial charge in [-0.15, -0.1) is 0 Å². The minimum absolute atomic E-state index is 0.0365. The lowest BCUT2D eigenvalue weighted by atomic mass is 10.2. The number of hydrogen-bond donors (Lipinski definition) is 0. The van der Waals surface area contributed by atoms with Crippen molar-refractivity contribution in [2.75, 3.05) is 0 Å². The van der Waals surface area contributed by atoms with Gasteiger partial charge in [0.2, 0.25) is 0 Å². The van der Waals surface area contributed by atoms with E-state index in [4.69, 9.17) is 11.6 Å². The predicted molar refractivity (Wildman–Crippen MR) is 36.3 cm³/mol. The molecule has 1 rings (SSSR count). The minimum atomic E-state index is -0.0365. The smallest absolute Gasteiger partial charge is 0.180 e. The number of hydrogen-bond acceptors (Lipinski definition) is 0. The van der Waals surface area contributed by atoms with Crippen molar-refractivity contribution in [3.63, 3.8) is 0 Å². The Morgan fingerprint density at radius 1 is 1.44 bits per heavy atom. The molecule has 1 radical (unpaired) electrons. The van der Waals surface area contributed by atoms with E-state index in [1.165, 1.54) is 12.1 Å². The van der Waals surface area contributed by atoms with E-state index in [1.807, 2.05) is 6.92 Å². The number of rotatable bonds is 0. The Kier molecular flexibility index (Phi) is 1.63. The van der Waals surface area contributed by atoms with Crippen molar-refractivity contribution >= 4 is 11.6 Å². The van der Waals surface area contributed by atoms with Gasteiger partial charge in [-0.05, 0) is 18.6 Å². The largest absolute Gasteiger partial charge is 0.290 e. The molecule has 0 aliphatic heterocycles. The van der Waals surface area contributed by atoms with Gasteiger partial charge in [-0.3, -0.25) is 5.11 Å². The third kappa shape index (κ3) is 1.36. The summed E-state index contributed by atoms with van der Waals surface area (Å²) in [5.74, 6) is -0.0365. The maximum atomic E-state index is 10.6. The van der Waals surface area contributed by atoms with E-state index >= 15 is 0 Å². The molecule has 1 aromatic carbocycles. The molecule has 0 amide bonds. The van der Waals surface area contributed by atoms with Gasteiger partial charge >= 0.3 is 0 Å². The normalized spacial score (nSPS) is 9.56. The molecule has 0 fully saturated rings. The standard InChI is InChI=1S/C7H6ClO/c1-5-2-3-6(9)4-7(5)8/h2-4H,1H3. The zero-order valence-electron chi connectivity index (χ0n) is 5.02. The summed E-state index contributed by atoms with van der Waals surface area (Å²) in [5.41, 5.74) is 0.941. The summed E-state index contributed by atoms with van der Waals surface area (Å²) in [6.45, 7) is 1.86. The first-order valence-electron chi connectivity index (χ1n) is 2.63. The van der Waals surface area contributed by atoms with Crippen LogP contribution in [0, 0.1) is 6.92 Å². The highest BCUT2D eigenvalue weighted by molar-refractivity contribution is 6.31. The van der Waals surface area contributed by atoms with Crippen molar-refractivity contribution in [2.24, 2.45) is 0 Å². The SMILES string of the molecule is Cc1ccc([O])cc1Cl. The highest BCUT2D eigenvalue weighted by Gasteiger charge is 1.94. The van der Waals surface area contributed by atoms with Crippen molar-refractivity contribution < 1.29 is 5.11 Å². The molecule has 0 bridgehead atoms. The molecule has 47 valence electrons. The zero-order chi connectivity index (χ0) is 6.85. The van der Waals surface area contributed by atoms with Crippen LogP contribution in [0.2, 0.25) is 5.02 Å². The summed E-state index contributed by atoms with van der Waals surface area (Å²) in [6, 6.07) is 4.63. The predicted octanol–water partition coefficient (Wildman–Crippen LogP) is 2.79. The second-order valence-corrected chi connectivity index (χ2v) is 2.32. The maximum absolute atomic E-state index is 10.6. The Morgan fingerprint density at radius 3 is 2.56 bits per heavy atom. The third-order valence-electron chi connectivity index (χ3n) is 1.14. The monoisotopic (exact) mass is 141 g/mol. The van der Waals surface area contributed by atoms with Crippen molar-refractivity contribution in [3.05, 3.63) is 28.8 Å². The Hall–Kier alpha value is -0.690. The summed E-state index contributed by atoms with van der Waals surface area (Å²) in [4.78, 5) is 0. The highest BCUT2D eigenvalue weighted by Crippen LogP contribution is 2.20. The summed E-state index contributed by atoms with van der Waals surface area (Å²) < 4.78 is 0. The lowest BCUT2D eigenvalue weighted by molar-refractivity contribution is 0.355. The first kappa shape index (κ1) is 6.43. The Morgan fingerprint density at radius 2 is 2.11 bits per heavy atom. The van der Waals surface area contributed by atoms with Crippen LogP contribution in [0.3, 0.4) is 0 Å². The van der Waals surface area contributed by atoms with E-state index < -0.39 is 0 Å². The average Bonchev–Trinajstić information content (AvgIpc) is 1.80. The molecular weight excluding hydrogens is 136 g/mol. The van der Waals surface area contributed by atoms with Gasteiger partial charge in [-0.25, -0.2) is 0 Å². The molecule has 2 heteroatoms. The van der Waals surface area contributed by atoms with Gasteiger partial charge in [-0.1, -0.05) is 17.7 Å². The Bertz CT molecular complexity index is 220. The van der Waals surface area contributed by atoms with Crippen LogP contribution in [-0.4, -0.2) is 0 Å². The lowest BCUT2D eigenvalue weighted by Gasteiger charge is -1.93. The van der Waals surface area contributed by atoms with E-state index in [0.29, 0.717) is 5.02 Å². The van der Waals surface area contributed by atoms with E-state index in [1.54, 1.807) is 6.07 Å². The van der Waals surface area contributed by atoms with Gasteiger partial charge in [0, 0.05) is 11.1 Å². The number of aryl methyl sites for hydroxylation is 1. The third-order valence-corrected chi connectivity index (χ3v) is 1.55. The van der Waals surface area contributed by atoms with Crippen molar-refractivity contribution in [2.45, 2.75) is 6.92 Å². The molecule has 0 saturated carbocycles. The first-order valence-corrected chi connectivity index (χ1v) is 3.01. The molecule has 0 aliphatic carbocycles.